The van der Waals surface area contributed by atoms with Crippen LogP contribution in [0.4, 0.5) is 4.39 Å². The maximum absolute atomic E-state index is 13.5. The molecule has 0 fully saturated rings. The van der Waals surface area contributed by atoms with Crippen molar-refractivity contribution in [1.29, 1.82) is 0 Å². The molecule has 0 aliphatic carbocycles. The largest absolute Gasteiger partial charge is 0.337 e. The molecule has 0 bridgehead atoms. The minimum Gasteiger partial charge on any atom is -0.337 e. The second-order valence-electron chi connectivity index (χ2n) is 4.21. The number of halogens is 2. The quantitative estimate of drug-likeness (QED) is 0.932. The number of rotatable bonds is 3. The summed E-state index contributed by atoms with van der Waals surface area (Å²) >= 11 is 0. The van der Waals surface area contributed by atoms with Gasteiger partial charge in [0.2, 0.25) is 11.7 Å². The minimum absolute atomic E-state index is 0. The van der Waals surface area contributed by atoms with Crippen LogP contribution in [-0.4, -0.2) is 10.1 Å². The molecule has 0 unspecified atom stereocenters. The summed E-state index contributed by atoms with van der Waals surface area (Å²) in [4.78, 5) is 4.12. The molecule has 0 amide bonds. The van der Waals surface area contributed by atoms with E-state index in [0.717, 1.165) is 0 Å². The second kappa shape index (κ2) is 5.93. The van der Waals surface area contributed by atoms with E-state index in [4.69, 9.17) is 10.3 Å². The highest BCUT2D eigenvalue weighted by Gasteiger charge is 2.19. The molecular formula is C12H15ClFN3O. The Hall–Kier alpha value is -1.46. The van der Waals surface area contributed by atoms with E-state index in [1.54, 1.807) is 18.2 Å². The molecule has 0 radical (unpaired) electrons. The predicted octanol–water partition coefficient (Wildman–Crippen LogP) is 2.95. The zero-order chi connectivity index (χ0) is 12.4. The van der Waals surface area contributed by atoms with Crippen molar-refractivity contribution in [2.24, 2.45) is 11.7 Å². The fourth-order valence-electron chi connectivity index (χ4n) is 1.41. The van der Waals surface area contributed by atoms with Crippen molar-refractivity contribution in [3.05, 3.63) is 36.0 Å². The fraction of sp³-hybridized carbons (Fsp3) is 0.333. The molecular weight excluding hydrogens is 257 g/mol. The average Bonchev–Trinajstić information content (AvgIpc) is 2.77. The molecule has 98 valence electrons. The van der Waals surface area contributed by atoms with Gasteiger partial charge in [0.1, 0.15) is 5.82 Å². The molecule has 1 aromatic carbocycles. The molecule has 2 aromatic rings. The summed E-state index contributed by atoms with van der Waals surface area (Å²) in [5, 5.41) is 3.74. The molecule has 0 saturated carbocycles. The molecule has 1 aromatic heterocycles. The van der Waals surface area contributed by atoms with Crippen molar-refractivity contribution >= 4 is 12.4 Å². The summed E-state index contributed by atoms with van der Waals surface area (Å²) in [6, 6.07) is 5.96. The van der Waals surface area contributed by atoms with Gasteiger partial charge in [-0.1, -0.05) is 31.1 Å². The molecule has 2 rings (SSSR count). The van der Waals surface area contributed by atoms with E-state index in [2.05, 4.69) is 10.1 Å². The molecule has 4 nitrogen and oxygen atoms in total. The standard InChI is InChI=1S/C12H14FN3O.ClH/c1-7(2)10(14)12-15-11(16-17-12)8-5-3-4-6-9(8)13;/h3-7,10H,14H2,1-2H3;1H/t10-;/m0./s1. The van der Waals surface area contributed by atoms with Gasteiger partial charge >= 0.3 is 0 Å². The zero-order valence-corrected chi connectivity index (χ0v) is 10.9. The second-order valence-corrected chi connectivity index (χ2v) is 4.21. The Labute approximate surface area is 111 Å². The van der Waals surface area contributed by atoms with Crippen LogP contribution in [0.15, 0.2) is 28.8 Å². The SMILES string of the molecule is CC(C)[C@H](N)c1nc(-c2ccccc2F)no1.Cl. The van der Waals surface area contributed by atoms with Gasteiger partial charge in [-0.15, -0.1) is 12.4 Å². The Bertz CT molecular complexity index is 516. The summed E-state index contributed by atoms with van der Waals surface area (Å²) in [7, 11) is 0. The van der Waals surface area contributed by atoms with Gasteiger partial charge in [0.25, 0.3) is 0 Å². The normalized spacial score (nSPS) is 12.3. The fourth-order valence-corrected chi connectivity index (χ4v) is 1.41. The summed E-state index contributed by atoms with van der Waals surface area (Å²) < 4.78 is 18.5. The van der Waals surface area contributed by atoms with Crippen LogP contribution in [0.25, 0.3) is 11.4 Å². The van der Waals surface area contributed by atoms with Gasteiger partial charge in [0, 0.05) is 0 Å². The van der Waals surface area contributed by atoms with Crippen LogP contribution in [0, 0.1) is 11.7 Å². The van der Waals surface area contributed by atoms with Crippen molar-refractivity contribution in [3.63, 3.8) is 0 Å². The van der Waals surface area contributed by atoms with Crippen LogP contribution in [0.1, 0.15) is 25.8 Å². The Balaban J connectivity index is 0.00000162. The summed E-state index contributed by atoms with van der Waals surface area (Å²) in [5.74, 6) is 0.370. The van der Waals surface area contributed by atoms with Gasteiger partial charge < -0.3 is 10.3 Å². The van der Waals surface area contributed by atoms with Crippen molar-refractivity contribution in [3.8, 4) is 11.4 Å². The number of hydrogen-bond donors (Lipinski definition) is 1. The van der Waals surface area contributed by atoms with Crippen LogP contribution in [0.3, 0.4) is 0 Å². The van der Waals surface area contributed by atoms with E-state index in [9.17, 15) is 4.39 Å². The Kier molecular flexibility index (Phi) is 4.81. The first kappa shape index (κ1) is 14.6. The summed E-state index contributed by atoms with van der Waals surface area (Å²) in [6.45, 7) is 3.91. The Morgan fingerprint density at radius 3 is 2.56 bits per heavy atom. The highest BCUT2D eigenvalue weighted by Crippen LogP contribution is 2.23. The maximum Gasteiger partial charge on any atom is 0.244 e. The van der Waals surface area contributed by atoms with Crippen LogP contribution in [0.5, 0.6) is 0 Å². The predicted molar refractivity (Wildman–Crippen MR) is 68.7 cm³/mol. The van der Waals surface area contributed by atoms with Crippen LogP contribution in [0.2, 0.25) is 0 Å². The molecule has 6 heteroatoms. The number of nitrogens with zero attached hydrogens (tertiary/aromatic N) is 2. The van der Waals surface area contributed by atoms with E-state index in [1.807, 2.05) is 13.8 Å². The van der Waals surface area contributed by atoms with Gasteiger partial charge in [-0.2, -0.15) is 4.98 Å². The molecule has 0 aliphatic heterocycles. The van der Waals surface area contributed by atoms with E-state index in [0.29, 0.717) is 11.5 Å². The third-order valence-electron chi connectivity index (χ3n) is 2.56. The summed E-state index contributed by atoms with van der Waals surface area (Å²) in [6.07, 6.45) is 0. The number of nitrogens with two attached hydrogens (primary N) is 1. The zero-order valence-electron chi connectivity index (χ0n) is 10.1. The Morgan fingerprint density at radius 2 is 1.94 bits per heavy atom. The van der Waals surface area contributed by atoms with E-state index < -0.39 is 0 Å². The van der Waals surface area contributed by atoms with E-state index >= 15 is 0 Å². The highest BCUT2D eigenvalue weighted by atomic mass is 35.5. The van der Waals surface area contributed by atoms with E-state index in [1.165, 1.54) is 6.07 Å². The molecule has 18 heavy (non-hydrogen) atoms. The van der Waals surface area contributed by atoms with Crippen LogP contribution < -0.4 is 5.73 Å². The van der Waals surface area contributed by atoms with Crippen molar-refractivity contribution in [2.75, 3.05) is 0 Å². The third-order valence-corrected chi connectivity index (χ3v) is 2.56. The molecule has 0 saturated heterocycles. The lowest BCUT2D eigenvalue weighted by Gasteiger charge is -2.09. The lowest BCUT2D eigenvalue weighted by atomic mass is 10.1. The average molecular weight is 272 g/mol. The molecule has 1 heterocycles. The number of hydrogen-bond acceptors (Lipinski definition) is 4. The first-order valence-corrected chi connectivity index (χ1v) is 5.43. The third kappa shape index (κ3) is 2.86. The van der Waals surface area contributed by atoms with E-state index in [-0.39, 0.29) is 36.0 Å². The smallest absolute Gasteiger partial charge is 0.244 e. The number of benzene rings is 1. The lowest BCUT2D eigenvalue weighted by Crippen LogP contribution is -2.16. The number of aromatic nitrogens is 2. The first-order chi connectivity index (χ1) is 8.09. The molecule has 0 aliphatic rings. The van der Waals surface area contributed by atoms with Gasteiger partial charge in [0.15, 0.2) is 0 Å². The topological polar surface area (TPSA) is 64.9 Å². The first-order valence-electron chi connectivity index (χ1n) is 5.43. The molecule has 0 spiro atoms. The van der Waals surface area contributed by atoms with Crippen molar-refractivity contribution in [2.45, 2.75) is 19.9 Å². The summed E-state index contributed by atoms with van der Waals surface area (Å²) in [5.41, 5.74) is 6.20. The monoisotopic (exact) mass is 271 g/mol. The highest BCUT2D eigenvalue weighted by molar-refractivity contribution is 5.85. The van der Waals surface area contributed by atoms with Crippen molar-refractivity contribution in [1.82, 2.24) is 10.1 Å². The minimum atomic E-state index is -0.377. The van der Waals surface area contributed by atoms with Gasteiger partial charge in [-0.25, -0.2) is 4.39 Å². The van der Waals surface area contributed by atoms with Gasteiger partial charge in [-0.05, 0) is 18.1 Å². The van der Waals surface area contributed by atoms with Gasteiger partial charge in [-0.3, -0.25) is 0 Å². The lowest BCUT2D eigenvalue weighted by molar-refractivity contribution is 0.325. The molecule has 1 atom stereocenters. The Morgan fingerprint density at radius 1 is 1.28 bits per heavy atom. The van der Waals surface area contributed by atoms with Gasteiger partial charge in [0.05, 0.1) is 11.6 Å². The van der Waals surface area contributed by atoms with Crippen LogP contribution >= 0.6 is 12.4 Å². The van der Waals surface area contributed by atoms with Crippen LogP contribution in [-0.2, 0) is 0 Å². The van der Waals surface area contributed by atoms with Crippen molar-refractivity contribution < 1.29 is 8.91 Å². The maximum atomic E-state index is 13.5. The molecule has 2 N–H and O–H groups in total.